The molecule has 0 bridgehead atoms. The van der Waals surface area contributed by atoms with Crippen molar-refractivity contribution in [1.29, 1.82) is 0 Å². The van der Waals surface area contributed by atoms with Crippen LogP contribution in [0.5, 0.6) is 0 Å². The maximum atomic E-state index is 12.3. The van der Waals surface area contributed by atoms with Crippen LogP contribution in [0.4, 0.5) is 0 Å². The molecular weight excluding hydrogens is 362 g/mol. The van der Waals surface area contributed by atoms with Crippen molar-refractivity contribution in [3.05, 3.63) is 64.9 Å². The molecule has 1 fully saturated rings. The second-order valence-electron chi connectivity index (χ2n) is 6.73. The summed E-state index contributed by atoms with van der Waals surface area (Å²) >= 11 is 6.03. The topological polar surface area (TPSA) is 54.5 Å². The second kappa shape index (κ2) is 10.4. The third kappa shape index (κ3) is 6.31. The van der Waals surface area contributed by atoms with E-state index in [0.29, 0.717) is 13.0 Å². The van der Waals surface area contributed by atoms with E-state index in [1.54, 1.807) is 6.20 Å². The summed E-state index contributed by atoms with van der Waals surface area (Å²) in [6.45, 7) is 3.77. The van der Waals surface area contributed by atoms with Crippen LogP contribution in [-0.4, -0.2) is 48.6 Å². The van der Waals surface area contributed by atoms with E-state index in [1.165, 1.54) is 0 Å². The van der Waals surface area contributed by atoms with Crippen LogP contribution < -0.4 is 5.32 Å². The molecule has 1 aromatic heterocycles. The Kier molecular flexibility index (Phi) is 7.63. The Balaban J connectivity index is 1.52. The predicted molar refractivity (Wildman–Crippen MR) is 107 cm³/mol. The normalized spacial score (nSPS) is 16.0. The lowest BCUT2D eigenvalue weighted by atomic mass is 10.0. The van der Waals surface area contributed by atoms with Gasteiger partial charge in [-0.05, 0) is 42.2 Å². The number of hydrogen-bond donors (Lipinski definition) is 1. The average molecular weight is 388 g/mol. The molecule has 0 aliphatic carbocycles. The Morgan fingerprint density at radius 3 is 2.70 bits per heavy atom. The highest BCUT2D eigenvalue weighted by Gasteiger charge is 2.23. The number of aryl methyl sites for hydroxylation is 1. The first-order valence-corrected chi connectivity index (χ1v) is 9.83. The number of carbonyl (C=O) groups excluding carboxylic acids is 1. The first kappa shape index (κ1) is 19.8. The number of hydrogen-bond acceptors (Lipinski definition) is 4. The molecule has 144 valence electrons. The van der Waals surface area contributed by atoms with Gasteiger partial charge in [0.05, 0.1) is 19.3 Å². The molecule has 27 heavy (non-hydrogen) atoms. The predicted octanol–water partition coefficient (Wildman–Crippen LogP) is 3.25. The molecule has 0 radical (unpaired) electrons. The van der Waals surface area contributed by atoms with Crippen molar-refractivity contribution in [2.75, 3.05) is 32.8 Å². The van der Waals surface area contributed by atoms with Gasteiger partial charge in [0.2, 0.25) is 5.91 Å². The summed E-state index contributed by atoms with van der Waals surface area (Å²) in [6, 6.07) is 12.0. The van der Waals surface area contributed by atoms with E-state index in [4.69, 9.17) is 16.3 Å². The molecule has 5 nitrogen and oxygen atoms in total. The van der Waals surface area contributed by atoms with Crippen LogP contribution in [0.1, 0.15) is 30.0 Å². The van der Waals surface area contributed by atoms with Gasteiger partial charge in [-0.2, -0.15) is 0 Å². The number of morpholine rings is 1. The number of pyridine rings is 1. The molecule has 1 amide bonds. The number of nitrogens with zero attached hydrogens (tertiary/aromatic N) is 2. The van der Waals surface area contributed by atoms with Crippen molar-refractivity contribution >= 4 is 17.5 Å². The fourth-order valence-electron chi connectivity index (χ4n) is 3.33. The fraction of sp³-hybridized carbons (Fsp3) is 0.429. The van der Waals surface area contributed by atoms with E-state index in [9.17, 15) is 4.79 Å². The third-order valence-corrected chi connectivity index (χ3v) is 5.08. The minimum Gasteiger partial charge on any atom is -0.379 e. The molecule has 0 spiro atoms. The monoisotopic (exact) mass is 387 g/mol. The SMILES string of the molecule is O=C(CCCc1cccnc1)NCC(c1ccc(Cl)cc1)N1CCOCC1. The largest absolute Gasteiger partial charge is 0.379 e. The number of nitrogens with one attached hydrogen (secondary N) is 1. The number of carbonyl (C=O) groups is 1. The minimum absolute atomic E-state index is 0.0890. The molecule has 0 saturated carbocycles. The van der Waals surface area contributed by atoms with Crippen LogP contribution >= 0.6 is 11.6 Å². The Morgan fingerprint density at radius 1 is 1.22 bits per heavy atom. The van der Waals surface area contributed by atoms with Crippen molar-refractivity contribution in [1.82, 2.24) is 15.2 Å². The van der Waals surface area contributed by atoms with Crippen LogP contribution in [-0.2, 0) is 16.0 Å². The van der Waals surface area contributed by atoms with E-state index in [0.717, 1.165) is 55.3 Å². The van der Waals surface area contributed by atoms with Gasteiger partial charge in [0, 0.05) is 43.5 Å². The van der Waals surface area contributed by atoms with E-state index >= 15 is 0 Å². The number of rotatable bonds is 8. The molecule has 3 rings (SSSR count). The molecule has 2 aromatic rings. The van der Waals surface area contributed by atoms with Gasteiger partial charge >= 0.3 is 0 Å². The molecule has 1 atom stereocenters. The first-order chi connectivity index (χ1) is 13.2. The minimum atomic E-state index is 0.0890. The Labute approximate surface area is 165 Å². The quantitative estimate of drug-likeness (QED) is 0.755. The molecule has 1 aliphatic rings. The lowest BCUT2D eigenvalue weighted by molar-refractivity contribution is -0.121. The summed E-state index contributed by atoms with van der Waals surface area (Å²) in [5.41, 5.74) is 2.33. The Hall–Kier alpha value is -1.95. The van der Waals surface area contributed by atoms with E-state index in [1.807, 2.05) is 42.6 Å². The zero-order valence-electron chi connectivity index (χ0n) is 15.4. The zero-order valence-corrected chi connectivity index (χ0v) is 16.2. The van der Waals surface area contributed by atoms with Crippen molar-refractivity contribution in [3.8, 4) is 0 Å². The number of amides is 1. The molecule has 1 aliphatic heterocycles. The molecule has 1 aromatic carbocycles. The van der Waals surface area contributed by atoms with Crippen molar-refractivity contribution in [2.24, 2.45) is 0 Å². The standard InChI is InChI=1S/C21H26ClN3O2/c22-19-8-6-18(7-9-19)20(25-11-13-27-14-12-25)16-24-21(26)5-1-3-17-4-2-10-23-15-17/h2,4,6-10,15,20H,1,3,5,11-14,16H2,(H,24,26). The summed E-state index contributed by atoms with van der Waals surface area (Å²) in [5, 5.41) is 3.83. The van der Waals surface area contributed by atoms with E-state index in [-0.39, 0.29) is 11.9 Å². The van der Waals surface area contributed by atoms with E-state index < -0.39 is 0 Å². The molecule has 2 heterocycles. The Morgan fingerprint density at radius 2 is 2.00 bits per heavy atom. The number of halogens is 1. The maximum Gasteiger partial charge on any atom is 0.220 e. The highest BCUT2D eigenvalue weighted by atomic mass is 35.5. The highest BCUT2D eigenvalue weighted by molar-refractivity contribution is 6.30. The Bertz CT molecular complexity index is 703. The highest BCUT2D eigenvalue weighted by Crippen LogP contribution is 2.23. The zero-order chi connectivity index (χ0) is 18.9. The molecule has 1 saturated heterocycles. The molecular formula is C21H26ClN3O2. The van der Waals surface area contributed by atoms with Crippen LogP contribution in [0.25, 0.3) is 0 Å². The van der Waals surface area contributed by atoms with Gasteiger partial charge in [-0.1, -0.05) is 29.8 Å². The first-order valence-electron chi connectivity index (χ1n) is 9.45. The number of benzene rings is 1. The number of ether oxygens (including phenoxy) is 1. The van der Waals surface area contributed by atoms with Crippen molar-refractivity contribution in [3.63, 3.8) is 0 Å². The van der Waals surface area contributed by atoms with Crippen LogP contribution in [0.15, 0.2) is 48.8 Å². The van der Waals surface area contributed by atoms with Crippen LogP contribution in [0.3, 0.4) is 0 Å². The molecule has 1 unspecified atom stereocenters. The van der Waals surface area contributed by atoms with Crippen LogP contribution in [0.2, 0.25) is 5.02 Å². The van der Waals surface area contributed by atoms with Gasteiger partial charge in [0.25, 0.3) is 0 Å². The van der Waals surface area contributed by atoms with Crippen LogP contribution in [0, 0.1) is 0 Å². The van der Waals surface area contributed by atoms with Gasteiger partial charge in [-0.15, -0.1) is 0 Å². The van der Waals surface area contributed by atoms with Crippen molar-refractivity contribution < 1.29 is 9.53 Å². The molecule has 6 heteroatoms. The smallest absolute Gasteiger partial charge is 0.220 e. The second-order valence-corrected chi connectivity index (χ2v) is 7.17. The van der Waals surface area contributed by atoms with Gasteiger partial charge in [0.1, 0.15) is 0 Å². The summed E-state index contributed by atoms with van der Waals surface area (Å²) in [6.07, 6.45) is 5.82. The van der Waals surface area contributed by atoms with Gasteiger partial charge in [0.15, 0.2) is 0 Å². The lowest BCUT2D eigenvalue weighted by Gasteiger charge is -2.35. The summed E-state index contributed by atoms with van der Waals surface area (Å²) in [5.74, 6) is 0.0890. The summed E-state index contributed by atoms with van der Waals surface area (Å²) < 4.78 is 5.47. The molecule has 1 N–H and O–H groups in total. The van der Waals surface area contributed by atoms with Gasteiger partial charge in [-0.3, -0.25) is 14.7 Å². The summed E-state index contributed by atoms with van der Waals surface area (Å²) in [7, 11) is 0. The average Bonchev–Trinajstić information content (AvgIpc) is 2.71. The third-order valence-electron chi connectivity index (χ3n) is 4.83. The fourth-order valence-corrected chi connectivity index (χ4v) is 3.46. The van der Waals surface area contributed by atoms with Gasteiger partial charge < -0.3 is 10.1 Å². The summed E-state index contributed by atoms with van der Waals surface area (Å²) in [4.78, 5) is 18.8. The lowest BCUT2D eigenvalue weighted by Crippen LogP contribution is -2.43. The maximum absolute atomic E-state index is 12.3. The van der Waals surface area contributed by atoms with Crippen molar-refractivity contribution in [2.45, 2.75) is 25.3 Å². The van der Waals surface area contributed by atoms with E-state index in [2.05, 4.69) is 15.2 Å². The van der Waals surface area contributed by atoms with Gasteiger partial charge in [-0.25, -0.2) is 0 Å². The number of aromatic nitrogens is 1.